The van der Waals surface area contributed by atoms with Crippen LogP contribution in [0.3, 0.4) is 0 Å². The third kappa shape index (κ3) is 3.07. The fourth-order valence-corrected chi connectivity index (χ4v) is 11.8. The second-order valence-electron chi connectivity index (χ2n) is 15.7. The second kappa shape index (κ2) is 8.57. The Morgan fingerprint density at radius 2 is 1.64 bits per heavy atom. The Morgan fingerprint density at radius 1 is 0.952 bits per heavy atom. The summed E-state index contributed by atoms with van der Waals surface area (Å²) in [6.45, 7) is 10.1. The molecule has 7 rings (SSSR count). The largest absolute Gasteiger partial charge is 0.453 e. The maximum atomic E-state index is 12.9. The molecule has 42 heavy (non-hydrogen) atoms. The third-order valence-electron chi connectivity index (χ3n) is 14.1. The molecule has 0 aromatic carbocycles. The molecule has 13 unspecified atom stereocenters. The van der Waals surface area contributed by atoms with Crippen molar-refractivity contribution in [3.63, 3.8) is 0 Å². The average molecular weight is 592 g/mol. The predicted molar refractivity (Wildman–Crippen MR) is 150 cm³/mol. The van der Waals surface area contributed by atoms with Gasteiger partial charge in [0, 0.05) is 60.7 Å². The van der Waals surface area contributed by atoms with E-state index < -0.39 is 75.1 Å². The first-order chi connectivity index (χ1) is 19.5. The van der Waals surface area contributed by atoms with E-state index in [-0.39, 0.29) is 25.4 Å². The molecule has 236 valence electrons. The van der Waals surface area contributed by atoms with Gasteiger partial charge in [-0.15, -0.1) is 0 Å². The molecule has 0 radical (unpaired) electrons. The highest BCUT2D eigenvalue weighted by molar-refractivity contribution is 5.87. The lowest BCUT2D eigenvalue weighted by molar-refractivity contribution is -0.354. The zero-order chi connectivity index (χ0) is 30.5. The number of nitrogens with zero attached hydrogens (tertiary/aromatic N) is 1. The number of carbonyl (C=O) groups excluding carboxylic acids is 1. The smallest absolute Gasteiger partial charge is 0.333 e. The van der Waals surface area contributed by atoms with Crippen LogP contribution in [0.2, 0.25) is 0 Å². The maximum Gasteiger partial charge on any atom is 0.333 e. The van der Waals surface area contributed by atoms with Gasteiger partial charge >= 0.3 is 5.97 Å². The molecule has 7 fully saturated rings. The van der Waals surface area contributed by atoms with Crippen molar-refractivity contribution in [2.75, 3.05) is 13.1 Å². The van der Waals surface area contributed by atoms with Gasteiger partial charge < -0.3 is 40.1 Å². The summed E-state index contributed by atoms with van der Waals surface area (Å²) >= 11 is 0. The highest BCUT2D eigenvalue weighted by Gasteiger charge is 2.88. The number of aliphatic hydroxyl groups is 6. The number of aliphatic hydroxyl groups excluding tert-OH is 1. The quantitative estimate of drug-likeness (QED) is 0.202. The minimum atomic E-state index is -2.06. The number of carbonyl (C=O) groups is 1. The van der Waals surface area contributed by atoms with Gasteiger partial charge in [0.15, 0.2) is 6.10 Å². The summed E-state index contributed by atoms with van der Waals surface area (Å²) in [5, 5.41) is 73.9. The van der Waals surface area contributed by atoms with Crippen LogP contribution in [-0.4, -0.2) is 107 Å². The molecule has 1 spiro atoms. The van der Waals surface area contributed by atoms with E-state index in [0.717, 1.165) is 6.42 Å². The molecule has 4 aliphatic carbocycles. The van der Waals surface area contributed by atoms with E-state index in [9.17, 15) is 35.4 Å². The Balaban J connectivity index is 1.32. The van der Waals surface area contributed by atoms with Crippen LogP contribution in [0.15, 0.2) is 11.6 Å². The molecule has 4 bridgehead atoms. The summed E-state index contributed by atoms with van der Waals surface area (Å²) in [6, 6.07) is -0.387. The number of hydrogen-bond donors (Lipinski definition) is 6. The molecular weight excluding hydrogens is 542 g/mol. The molecule has 3 aliphatic heterocycles. The first kappa shape index (κ1) is 29.6. The van der Waals surface area contributed by atoms with Crippen molar-refractivity contribution >= 4 is 5.97 Å². The molecule has 7 aliphatic rings. The van der Waals surface area contributed by atoms with Crippen LogP contribution < -0.4 is 0 Å². The van der Waals surface area contributed by atoms with Gasteiger partial charge in [0.2, 0.25) is 5.79 Å². The monoisotopic (exact) mass is 591 g/mol. The van der Waals surface area contributed by atoms with E-state index in [0.29, 0.717) is 50.1 Å². The minimum absolute atomic E-state index is 0.0606. The Bertz CT molecular complexity index is 1220. The van der Waals surface area contributed by atoms with Crippen molar-refractivity contribution in [1.29, 1.82) is 0 Å². The minimum Gasteiger partial charge on any atom is -0.453 e. The van der Waals surface area contributed by atoms with E-state index in [2.05, 4.69) is 11.8 Å². The SMILES string of the molecule is C/C=C(/C)C(=O)OC1CCC2(C)C3CCC4C5(O)CC(O)C6(O)C(CN7CC(C)CCC7C6(C)O)C5(O)CC42O[C@]13O. The molecule has 3 saturated heterocycles. The molecule has 3 heterocycles. The molecule has 0 amide bonds. The van der Waals surface area contributed by atoms with Crippen LogP contribution in [-0.2, 0) is 14.3 Å². The van der Waals surface area contributed by atoms with Crippen molar-refractivity contribution in [3.8, 4) is 0 Å². The number of allylic oxidation sites excluding steroid dienone is 1. The van der Waals surface area contributed by atoms with Crippen LogP contribution in [0.4, 0.5) is 0 Å². The molecule has 6 N–H and O–H groups in total. The Morgan fingerprint density at radius 3 is 2.33 bits per heavy atom. The molecule has 0 aromatic rings. The highest BCUT2D eigenvalue weighted by atomic mass is 16.7. The van der Waals surface area contributed by atoms with Crippen molar-refractivity contribution in [3.05, 3.63) is 11.6 Å². The van der Waals surface area contributed by atoms with Crippen LogP contribution in [0.5, 0.6) is 0 Å². The molecular formula is C32H49NO9. The summed E-state index contributed by atoms with van der Waals surface area (Å²) in [6.07, 6.45) is 2.30. The molecule has 0 aromatic heterocycles. The Hall–Kier alpha value is -1.11. The van der Waals surface area contributed by atoms with Crippen LogP contribution in [0, 0.1) is 29.1 Å². The maximum absolute atomic E-state index is 12.9. The van der Waals surface area contributed by atoms with Gasteiger partial charge in [-0.2, -0.15) is 0 Å². The topological polar surface area (TPSA) is 160 Å². The van der Waals surface area contributed by atoms with Crippen molar-refractivity contribution in [2.45, 2.75) is 138 Å². The van der Waals surface area contributed by atoms with Gasteiger partial charge in [0.25, 0.3) is 0 Å². The summed E-state index contributed by atoms with van der Waals surface area (Å²) in [5.41, 5.74) is -8.96. The fraction of sp³-hybridized carbons (Fsp3) is 0.906. The number of hydrogen-bond acceptors (Lipinski definition) is 10. The van der Waals surface area contributed by atoms with E-state index in [4.69, 9.17) is 9.47 Å². The number of rotatable bonds is 2. The fourth-order valence-electron chi connectivity index (χ4n) is 11.8. The normalized spacial score (nSPS) is 60.3. The molecule has 14 atom stereocenters. The Kier molecular flexibility index (Phi) is 6.04. The number of fused-ring (bicyclic) bond motifs is 5. The number of esters is 1. The highest BCUT2D eigenvalue weighted by Crippen LogP contribution is 2.78. The van der Waals surface area contributed by atoms with E-state index in [1.165, 1.54) is 0 Å². The van der Waals surface area contributed by atoms with Gasteiger partial charge in [-0.05, 0) is 65.2 Å². The van der Waals surface area contributed by atoms with Crippen LogP contribution >= 0.6 is 0 Å². The summed E-state index contributed by atoms with van der Waals surface area (Å²) in [7, 11) is 0. The summed E-state index contributed by atoms with van der Waals surface area (Å²) < 4.78 is 12.6. The van der Waals surface area contributed by atoms with Crippen molar-refractivity contribution in [2.24, 2.45) is 29.1 Å². The Labute approximate surface area is 247 Å². The first-order valence-corrected chi connectivity index (χ1v) is 16.0. The number of ether oxygens (including phenoxy) is 2. The predicted octanol–water partition coefficient (Wildman–Crippen LogP) is 0.991. The average Bonchev–Trinajstić information content (AvgIpc) is 3.09. The lowest BCUT2D eigenvalue weighted by Gasteiger charge is -2.68. The van der Waals surface area contributed by atoms with E-state index in [1.54, 1.807) is 26.8 Å². The van der Waals surface area contributed by atoms with Gasteiger partial charge in [-0.3, -0.25) is 4.90 Å². The molecule has 10 nitrogen and oxygen atoms in total. The van der Waals surface area contributed by atoms with Gasteiger partial charge in [0.05, 0.1) is 11.7 Å². The van der Waals surface area contributed by atoms with Gasteiger partial charge in [-0.25, -0.2) is 4.79 Å². The molecule has 10 heteroatoms. The van der Waals surface area contributed by atoms with E-state index >= 15 is 0 Å². The lowest BCUT2D eigenvalue weighted by Crippen LogP contribution is -2.85. The van der Waals surface area contributed by atoms with Crippen molar-refractivity contribution < 1.29 is 44.9 Å². The van der Waals surface area contributed by atoms with Crippen molar-refractivity contribution in [1.82, 2.24) is 4.90 Å². The summed E-state index contributed by atoms with van der Waals surface area (Å²) in [5.74, 6) is -4.05. The van der Waals surface area contributed by atoms with Crippen LogP contribution in [0.1, 0.15) is 86.0 Å². The first-order valence-electron chi connectivity index (χ1n) is 16.0. The second-order valence-corrected chi connectivity index (χ2v) is 15.7. The lowest BCUT2D eigenvalue weighted by atomic mass is 9.49. The third-order valence-corrected chi connectivity index (χ3v) is 14.1. The standard InChI is InChI=1S/C32H49NO9/c1-6-18(3)25(35)41-24-11-12-26(4)19-8-9-20-28(37)13-23(34)31(39)21(29(28,38)16-30(20,26)42-32(19,24)40)15-33-14-17(2)7-10-22(33)27(31,5)36/h6,17,19-24,34,36-40H,7-16H2,1-5H3/b18-6-/t17?,19?,20?,21?,22?,23?,24?,26?,27?,28?,29?,30?,31?,32-/m0/s1. The summed E-state index contributed by atoms with van der Waals surface area (Å²) in [4.78, 5) is 14.9. The zero-order valence-electron chi connectivity index (χ0n) is 25.5. The number of piperidine rings is 2. The zero-order valence-corrected chi connectivity index (χ0v) is 25.5. The van der Waals surface area contributed by atoms with E-state index in [1.807, 2.05) is 6.92 Å². The van der Waals surface area contributed by atoms with Gasteiger partial charge in [-0.1, -0.05) is 19.9 Å². The van der Waals surface area contributed by atoms with Crippen LogP contribution in [0.25, 0.3) is 0 Å². The molecule has 4 saturated carbocycles. The van der Waals surface area contributed by atoms with Gasteiger partial charge in [0.1, 0.15) is 22.4 Å².